The van der Waals surface area contributed by atoms with Crippen molar-refractivity contribution in [2.24, 2.45) is 0 Å². The first-order chi connectivity index (χ1) is 12.9. The summed E-state index contributed by atoms with van der Waals surface area (Å²) < 4.78 is 0. The van der Waals surface area contributed by atoms with Crippen LogP contribution in [0.5, 0.6) is 0 Å². The Morgan fingerprint density at radius 2 is 1.08 bits per heavy atom. The van der Waals surface area contributed by atoms with E-state index in [1.54, 1.807) is 0 Å². The highest BCUT2D eigenvalue weighted by molar-refractivity contribution is 5.47. The van der Waals surface area contributed by atoms with Gasteiger partial charge >= 0.3 is 0 Å². The number of rotatable bonds is 17. The average Bonchev–Trinajstić information content (AvgIpc) is 2.68. The summed E-state index contributed by atoms with van der Waals surface area (Å²) in [5.74, 6) is 0. The van der Waals surface area contributed by atoms with Crippen molar-refractivity contribution < 1.29 is 0 Å². The highest BCUT2D eigenvalue weighted by Gasteiger charge is 1.94. The van der Waals surface area contributed by atoms with Crippen molar-refractivity contribution in [3.8, 4) is 0 Å². The summed E-state index contributed by atoms with van der Waals surface area (Å²) in [5, 5.41) is 0. The zero-order valence-electron chi connectivity index (χ0n) is 17.4. The van der Waals surface area contributed by atoms with Crippen LogP contribution in [-0.2, 0) is 0 Å². The second-order valence-corrected chi connectivity index (χ2v) is 7.66. The Morgan fingerprint density at radius 1 is 0.615 bits per heavy atom. The molecule has 0 amide bonds. The highest BCUT2D eigenvalue weighted by atomic mass is 14.0. The van der Waals surface area contributed by atoms with E-state index in [1.807, 2.05) is 0 Å². The third-order valence-electron chi connectivity index (χ3n) is 5.12. The lowest BCUT2D eigenvalue weighted by molar-refractivity contribution is 0.533. The largest absolute Gasteiger partial charge is 0.125 e. The molecule has 0 bridgehead atoms. The van der Waals surface area contributed by atoms with E-state index in [0.29, 0.717) is 0 Å². The average molecular weight is 355 g/mol. The van der Waals surface area contributed by atoms with Crippen molar-refractivity contribution in [2.45, 2.75) is 110 Å². The minimum atomic E-state index is 1.17. The molecule has 0 unspecified atom stereocenters. The Kier molecular flexibility index (Phi) is 16.2. The van der Waals surface area contributed by atoms with Gasteiger partial charge in [-0.15, -0.1) is 5.73 Å². The third kappa shape index (κ3) is 15.0. The molecule has 0 heteroatoms. The molecule has 1 rings (SSSR count). The molecule has 0 fully saturated rings. The molecule has 0 saturated heterocycles. The smallest absolute Gasteiger partial charge is 0.0131 e. The van der Waals surface area contributed by atoms with E-state index in [1.165, 1.54) is 108 Å². The van der Waals surface area contributed by atoms with Crippen LogP contribution >= 0.6 is 0 Å². The summed E-state index contributed by atoms with van der Waals surface area (Å²) in [6.45, 7) is 2.29. The maximum atomic E-state index is 3.30. The molecule has 1 aromatic carbocycles. The van der Waals surface area contributed by atoms with Crippen molar-refractivity contribution in [1.82, 2.24) is 0 Å². The topological polar surface area (TPSA) is 0 Å². The van der Waals surface area contributed by atoms with Crippen LogP contribution in [0, 0.1) is 0 Å². The van der Waals surface area contributed by atoms with Gasteiger partial charge in [0.15, 0.2) is 0 Å². The standard InChI is InChI=1S/C26H42/c1-2-3-4-5-6-7-8-9-10-11-12-13-14-15-16-17-18-20-23-26-24-21-19-22-25-26/h18-19,21-25H,2-17H2,1H3. The summed E-state index contributed by atoms with van der Waals surface area (Å²) in [6, 6.07) is 10.4. The van der Waals surface area contributed by atoms with E-state index in [-0.39, 0.29) is 0 Å². The molecule has 0 saturated carbocycles. The lowest BCUT2D eigenvalue weighted by Crippen LogP contribution is -1.83. The maximum Gasteiger partial charge on any atom is -0.0131 e. The monoisotopic (exact) mass is 354 g/mol. The summed E-state index contributed by atoms with van der Waals surface area (Å²) in [4.78, 5) is 0. The molecule has 0 spiro atoms. The molecule has 0 aromatic heterocycles. The maximum absolute atomic E-state index is 3.30. The molecule has 0 radical (unpaired) electrons. The van der Waals surface area contributed by atoms with Crippen LogP contribution in [0.25, 0.3) is 6.08 Å². The predicted octanol–water partition coefficient (Wildman–Crippen LogP) is 9.12. The van der Waals surface area contributed by atoms with Gasteiger partial charge in [0.1, 0.15) is 0 Å². The van der Waals surface area contributed by atoms with Gasteiger partial charge in [-0.2, -0.15) is 0 Å². The molecule has 0 aliphatic heterocycles. The molecule has 1 aromatic rings. The van der Waals surface area contributed by atoms with Gasteiger partial charge in [-0.25, -0.2) is 0 Å². The summed E-state index contributed by atoms with van der Waals surface area (Å²) >= 11 is 0. The van der Waals surface area contributed by atoms with Gasteiger partial charge in [-0.3, -0.25) is 0 Å². The van der Waals surface area contributed by atoms with Crippen molar-refractivity contribution in [2.75, 3.05) is 0 Å². The van der Waals surface area contributed by atoms with E-state index in [2.05, 4.69) is 55.1 Å². The first-order valence-electron chi connectivity index (χ1n) is 11.4. The Hall–Kier alpha value is -1.26. The Bertz CT molecular complexity index is 450. The molecule has 0 aliphatic rings. The highest BCUT2D eigenvalue weighted by Crippen LogP contribution is 2.13. The second kappa shape index (κ2) is 18.5. The summed E-state index contributed by atoms with van der Waals surface area (Å²) in [5.41, 5.74) is 4.54. The summed E-state index contributed by atoms with van der Waals surface area (Å²) in [6.07, 6.45) is 26.9. The van der Waals surface area contributed by atoms with E-state index in [4.69, 9.17) is 0 Å². The van der Waals surface area contributed by atoms with Crippen LogP contribution in [0.1, 0.15) is 115 Å². The predicted molar refractivity (Wildman–Crippen MR) is 119 cm³/mol. The zero-order valence-corrected chi connectivity index (χ0v) is 17.4. The van der Waals surface area contributed by atoms with Crippen LogP contribution in [-0.4, -0.2) is 0 Å². The number of hydrogen-bond donors (Lipinski definition) is 0. The fraction of sp³-hybridized carbons (Fsp3) is 0.654. The summed E-state index contributed by atoms with van der Waals surface area (Å²) in [7, 11) is 0. The van der Waals surface area contributed by atoms with Gasteiger partial charge < -0.3 is 0 Å². The first kappa shape index (κ1) is 22.8. The van der Waals surface area contributed by atoms with Gasteiger partial charge in [0.25, 0.3) is 0 Å². The third-order valence-corrected chi connectivity index (χ3v) is 5.12. The van der Waals surface area contributed by atoms with Gasteiger partial charge in [-0.1, -0.05) is 127 Å². The van der Waals surface area contributed by atoms with Crippen molar-refractivity contribution >= 4 is 6.08 Å². The molecular formula is C26H42. The van der Waals surface area contributed by atoms with Crippen LogP contribution in [0.4, 0.5) is 0 Å². The van der Waals surface area contributed by atoms with E-state index in [9.17, 15) is 0 Å². The number of unbranched alkanes of at least 4 members (excludes halogenated alkanes) is 15. The fourth-order valence-electron chi connectivity index (χ4n) is 3.41. The fourth-order valence-corrected chi connectivity index (χ4v) is 3.41. The van der Waals surface area contributed by atoms with E-state index < -0.39 is 0 Å². The molecule has 146 valence electrons. The van der Waals surface area contributed by atoms with Crippen LogP contribution in [0.2, 0.25) is 0 Å². The Labute approximate surface area is 163 Å². The number of hydrogen-bond acceptors (Lipinski definition) is 0. The van der Waals surface area contributed by atoms with Crippen LogP contribution < -0.4 is 0 Å². The van der Waals surface area contributed by atoms with Crippen LogP contribution in [0.3, 0.4) is 0 Å². The van der Waals surface area contributed by atoms with Crippen molar-refractivity contribution in [3.05, 3.63) is 47.7 Å². The lowest BCUT2D eigenvalue weighted by atomic mass is 10.0. The van der Waals surface area contributed by atoms with Gasteiger partial charge in [0, 0.05) is 0 Å². The quantitative estimate of drug-likeness (QED) is 0.193. The molecule has 0 aliphatic carbocycles. The Balaban J connectivity index is 1.78. The lowest BCUT2D eigenvalue weighted by Gasteiger charge is -2.03. The zero-order chi connectivity index (χ0) is 18.5. The SMILES string of the molecule is CCCCCCCCCCCCCCCCCC=C=Cc1ccccc1. The van der Waals surface area contributed by atoms with E-state index >= 15 is 0 Å². The van der Waals surface area contributed by atoms with Gasteiger partial charge in [0.05, 0.1) is 0 Å². The first-order valence-corrected chi connectivity index (χ1v) is 11.4. The van der Waals surface area contributed by atoms with Crippen molar-refractivity contribution in [1.29, 1.82) is 0 Å². The van der Waals surface area contributed by atoms with Crippen LogP contribution in [0.15, 0.2) is 42.1 Å². The van der Waals surface area contributed by atoms with Gasteiger partial charge in [0.2, 0.25) is 0 Å². The second-order valence-electron chi connectivity index (χ2n) is 7.66. The minimum Gasteiger partial charge on any atom is -0.125 e. The normalized spacial score (nSPS) is 10.5. The molecule has 0 N–H and O–H groups in total. The van der Waals surface area contributed by atoms with Crippen molar-refractivity contribution in [3.63, 3.8) is 0 Å². The molecule has 0 atom stereocenters. The van der Waals surface area contributed by atoms with Gasteiger partial charge in [-0.05, 0) is 30.6 Å². The molecular weight excluding hydrogens is 312 g/mol. The minimum absolute atomic E-state index is 1.17. The molecule has 26 heavy (non-hydrogen) atoms. The number of allylic oxidation sites excluding steroid dienone is 1. The number of benzene rings is 1. The molecule has 0 heterocycles. The Morgan fingerprint density at radius 3 is 1.58 bits per heavy atom. The molecule has 0 nitrogen and oxygen atoms in total. The van der Waals surface area contributed by atoms with E-state index in [0.717, 1.165) is 0 Å².